The molecule has 7 heteroatoms. The first-order valence-corrected chi connectivity index (χ1v) is 4.55. The van der Waals surface area contributed by atoms with Gasteiger partial charge in [-0.05, 0) is 13.0 Å². The highest BCUT2D eigenvalue weighted by Crippen LogP contribution is 1.89. The predicted molar refractivity (Wildman–Crippen MR) is 58.5 cm³/mol. The van der Waals surface area contributed by atoms with Gasteiger partial charge in [0.05, 0.1) is 11.7 Å². The fraction of sp³-hybridized carbons (Fsp3) is 0.222. The van der Waals surface area contributed by atoms with E-state index >= 15 is 0 Å². The Kier molecular flexibility index (Phi) is 3.78. The fourth-order valence-corrected chi connectivity index (χ4v) is 0.982. The van der Waals surface area contributed by atoms with Crippen LogP contribution < -0.4 is 22.3 Å². The van der Waals surface area contributed by atoms with E-state index in [1.54, 1.807) is 6.92 Å². The van der Waals surface area contributed by atoms with E-state index in [1.165, 1.54) is 12.3 Å². The number of nitrogens with two attached hydrogens (primary N) is 1. The second kappa shape index (κ2) is 5.08. The molecule has 1 aromatic heterocycles. The smallest absolute Gasteiger partial charge is 0.325 e. The quantitative estimate of drug-likeness (QED) is 0.368. The van der Waals surface area contributed by atoms with Gasteiger partial charge < -0.3 is 16.0 Å². The summed E-state index contributed by atoms with van der Waals surface area (Å²) in [5, 5.41) is 2.41. The van der Waals surface area contributed by atoms with Crippen LogP contribution in [0, 0.1) is 0 Å². The Labute approximate surface area is 90.4 Å². The van der Waals surface area contributed by atoms with Gasteiger partial charge in [-0.25, -0.2) is 4.79 Å². The third-order valence-corrected chi connectivity index (χ3v) is 1.63. The second-order valence-corrected chi connectivity index (χ2v) is 3.16. The number of aromatic amines is 2. The Balaban J connectivity index is 2.81. The molecule has 0 spiro atoms. The van der Waals surface area contributed by atoms with Crippen molar-refractivity contribution in [3.63, 3.8) is 0 Å². The van der Waals surface area contributed by atoms with Crippen molar-refractivity contribution in [1.29, 1.82) is 0 Å². The lowest BCUT2D eigenvalue weighted by molar-refractivity contribution is -0.116. The summed E-state index contributed by atoms with van der Waals surface area (Å²) in [4.78, 5) is 37.3. The van der Waals surface area contributed by atoms with Crippen LogP contribution in [0.5, 0.6) is 0 Å². The van der Waals surface area contributed by atoms with Crippen LogP contribution in [0.4, 0.5) is 0 Å². The zero-order valence-corrected chi connectivity index (χ0v) is 8.61. The highest BCUT2D eigenvalue weighted by atomic mass is 16.2. The number of aromatic nitrogens is 2. The van der Waals surface area contributed by atoms with Gasteiger partial charge in [-0.2, -0.15) is 0 Å². The lowest BCUT2D eigenvalue weighted by atomic mass is 10.3. The third-order valence-electron chi connectivity index (χ3n) is 1.63. The van der Waals surface area contributed by atoms with E-state index in [0.29, 0.717) is 0 Å². The molecule has 0 radical (unpaired) electrons. The molecule has 1 aromatic rings. The first-order chi connectivity index (χ1) is 7.49. The standard InChI is InChI=1S/C9H12N4O3/c1-5(10)12-7(14)3-2-6-4-11-9(16)13-8(6)15/h2-5H,10H2,1H3,(H,12,14)(H2,11,13,15,16)/b3-2+. The summed E-state index contributed by atoms with van der Waals surface area (Å²) in [6.45, 7) is 1.61. The van der Waals surface area contributed by atoms with Gasteiger partial charge >= 0.3 is 5.69 Å². The highest BCUT2D eigenvalue weighted by molar-refractivity contribution is 5.91. The van der Waals surface area contributed by atoms with Gasteiger partial charge in [0.1, 0.15) is 0 Å². The zero-order valence-electron chi connectivity index (χ0n) is 8.61. The molecule has 0 saturated heterocycles. The molecule has 0 fully saturated rings. The molecule has 1 heterocycles. The van der Waals surface area contributed by atoms with Crippen LogP contribution in [0.25, 0.3) is 6.08 Å². The monoisotopic (exact) mass is 224 g/mol. The number of rotatable bonds is 3. The van der Waals surface area contributed by atoms with Gasteiger partial charge in [-0.1, -0.05) is 0 Å². The molecular weight excluding hydrogens is 212 g/mol. The maximum Gasteiger partial charge on any atom is 0.325 e. The van der Waals surface area contributed by atoms with E-state index in [1.807, 2.05) is 4.98 Å². The van der Waals surface area contributed by atoms with Gasteiger partial charge in [-0.15, -0.1) is 0 Å². The average molecular weight is 224 g/mol. The number of hydrogen-bond donors (Lipinski definition) is 4. The maximum atomic E-state index is 11.2. The van der Waals surface area contributed by atoms with Gasteiger partial charge in [0.25, 0.3) is 5.56 Å². The number of carbonyl (C=O) groups excluding carboxylic acids is 1. The average Bonchev–Trinajstić information content (AvgIpc) is 2.15. The molecule has 5 N–H and O–H groups in total. The van der Waals surface area contributed by atoms with Crippen LogP contribution in [-0.2, 0) is 4.79 Å². The molecule has 86 valence electrons. The molecule has 0 aromatic carbocycles. The minimum Gasteiger partial charge on any atom is -0.338 e. The Hall–Kier alpha value is -2.15. The van der Waals surface area contributed by atoms with Gasteiger partial charge in [-0.3, -0.25) is 14.6 Å². The number of carbonyl (C=O) groups is 1. The molecule has 7 nitrogen and oxygen atoms in total. The SMILES string of the molecule is CC(N)NC(=O)/C=C/c1c[nH]c(=O)[nH]c1=O. The number of H-pyrrole nitrogens is 2. The number of hydrogen-bond acceptors (Lipinski definition) is 4. The Morgan fingerprint density at radius 3 is 2.81 bits per heavy atom. The molecule has 0 aliphatic carbocycles. The molecule has 1 unspecified atom stereocenters. The van der Waals surface area contributed by atoms with E-state index in [-0.39, 0.29) is 5.56 Å². The van der Waals surface area contributed by atoms with Crippen molar-refractivity contribution in [2.24, 2.45) is 5.73 Å². The largest absolute Gasteiger partial charge is 0.338 e. The van der Waals surface area contributed by atoms with E-state index in [0.717, 1.165) is 6.08 Å². The van der Waals surface area contributed by atoms with Crippen LogP contribution in [0.3, 0.4) is 0 Å². The molecular formula is C9H12N4O3. The molecule has 1 rings (SSSR count). The number of nitrogens with one attached hydrogen (secondary N) is 3. The van der Waals surface area contributed by atoms with Crippen molar-refractivity contribution in [3.05, 3.63) is 38.7 Å². The van der Waals surface area contributed by atoms with Crippen LogP contribution in [0.15, 0.2) is 21.9 Å². The van der Waals surface area contributed by atoms with Crippen molar-refractivity contribution in [1.82, 2.24) is 15.3 Å². The maximum absolute atomic E-state index is 11.2. The normalized spacial score (nSPS) is 12.6. The summed E-state index contributed by atoms with van der Waals surface area (Å²) in [6.07, 6.45) is 3.20. The zero-order chi connectivity index (χ0) is 12.1. The van der Waals surface area contributed by atoms with Crippen LogP contribution in [0.2, 0.25) is 0 Å². The minimum absolute atomic E-state index is 0.180. The predicted octanol–water partition coefficient (Wildman–Crippen LogP) is -1.50. The van der Waals surface area contributed by atoms with Crippen molar-refractivity contribution in [3.8, 4) is 0 Å². The highest BCUT2D eigenvalue weighted by Gasteiger charge is 1.99. The molecule has 0 bridgehead atoms. The second-order valence-electron chi connectivity index (χ2n) is 3.16. The Bertz CT molecular complexity index is 512. The van der Waals surface area contributed by atoms with Gasteiger partial charge in [0, 0.05) is 12.3 Å². The van der Waals surface area contributed by atoms with Gasteiger partial charge in [0.15, 0.2) is 0 Å². The van der Waals surface area contributed by atoms with Crippen LogP contribution in [0.1, 0.15) is 12.5 Å². The number of amides is 1. The van der Waals surface area contributed by atoms with Crippen molar-refractivity contribution in [2.45, 2.75) is 13.1 Å². The summed E-state index contributed by atoms with van der Waals surface area (Å²) in [7, 11) is 0. The Morgan fingerprint density at radius 2 is 2.25 bits per heavy atom. The van der Waals surface area contributed by atoms with E-state index in [9.17, 15) is 14.4 Å². The summed E-state index contributed by atoms with van der Waals surface area (Å²) >= 11 is 0. The Morgan fingerprint density at radius 1 is 1.56 bits per heavy atom. The topological polar surface area (TPSA) is 121 Å². The van der Waals surface area contributed by atoms with E-state index in [2.05, 4.69) is 10.3 Å². The molecule has 0 saturated carbocycles. The van der Waals surface area contributed by atoms with Gasteiger partial charge in [0.2, 0.25) is 5.91 Å². The molecule has 1 atom stereocenters. The minimum atomic E-state index is -0.595. The first kappa shape index (κ1) is 11.9. The van der Waals surface area contributed by atoms with Crippen molar-refractivity contribution >= 4 is 12.0 Å². The summed E-state index contributed by atoms with van der Waals surface area (Å²) in [5.74, 6) is -0.416. The van der Waals surface area contributed by atoms with E-state index < -0.39 is 23.3 Å². The molecule has 0 aliphatic heterocycles. The molecule has 0 aliphatic rings. The lowest BCUT2D eigenvalue weighted by Crippen LogP contribution is -2.37. The van der Waals surface area contributed by atoms with Crippen molar-refractivity contribution in [2.75, 3.05) is 0 Å². The molecule has 1 amide bonds. The van der Waals surface area contributed by atoms with Crippen LogP contribution in [-0.4, -0.2) is 22.0 Å². The van der Waals surface area contributed by atoms with Crippen LogP contribution >= 0.6 is 0 Å². The van der Waals surface area contributed by atoms with E-state index in [4.69, 9.17) is 5.73 Å². The lowest BCUT2D eigenvalue weighted by Gasteiger charge is -2.03. The summed E-state index contributed by atoms with van der Waals surface area (Å²) < 4.78 is 0. The fourth-order valence-electron chi connectivity index (χ4n) is 0.982. The third kappa shape index (κ3) is 3.54. The first-order valence-electron chi connectivity index (χ1n) is 4.55. The summed E-state index contributed by atoms with van der Waals surface area (Å²) in [5.41, 5.74) is 4.35. The van der Waals surface area contributed by atoms with Crippen molar-refractivity contribution < 1.29 is 4.79 Å². The summed E-state index contributed by atoms with van der Waals surface area (Å²) in [6, 6.07) is 0. The molecule has 16 heavy (non-hydrogen) atoms.